The summed E-state index contributed by atoms with van der Waals surface area (Å²) in [6.07, 6.45) is 26.5. The average molecular weight is 1050 g/mol. The second-order valence-corrected chi connectivity index (χ2v) is 23.1. The number of nitrogens with one attached hydrogen (secondary N) is 3. The molecule has 0 saturated heterocycles. The number of methoxy groups -OCH3 is 2. The number of amides is 2. The van der Waals surface area contributed by atoms with Gasteiger partial charge in [-0.05, 0) is 165 Å². The molecule has 0 aliphatic heterocycles. The van der Waals surface area contributed by atoms with E-state index in [1.54, 1.807) is 36.0 Å². The first-order valence-electron chi connectivity index (χ1n) is 28.1. The van der Waals surface area contributed by atoms with Crippen LogP contribution in [-0.4, -0.2) is 102 Å². The Kier molecular flexibility index (Phi) is 20.6. The summed E-state index contributed by atoms with van der Waals surface area (Å²) in [4.78, 5) is 52.2. The molecule has 3 fully saturated rings. The van der Waals surface area contributed by atoms with Crippen molar-refractivity contribution in [2.24, 2.45) is 52.3 Å². The Bertz CT molecular complexity index is 2480. The number of unbranched alkanes of at least 4 members (excludes halogenated alkanes) is 1. The summed E-state index contributed by atoms with van der Waals surface area (Å²) in [7, 11) is 2.84. The van der Waals surface area contributed by atoms with Gasteiger partial charge in [0.15, 0.2) is 34.6 Å². The molecule has 1 aromatic heterocycles. The zero-order valence-corrected chi connectivity index (χ0v) is 46.3. The van der Waals surface area contributed by atoms with Crippen molar-refractivity contribution >= 4 is 35.5 Å². The summed E-state index contributed by atoms with van der Waals surface area (Å²) in [5, 5.41) is 37.8. The van der Waals surface area contributed by atoms with Crippen LogP contribution in [0.15, 0.2) is 66.4 Å². The first-order valence-corrected chi connectivity index (χ1v) is 28.1. The highest BCUT2D eigenvalue weighted by Gasteiger charge is 2.59. The van der Waals surface area contributed by atoms with E-state index in [9.17, 15) is 29.4 Å². The number of allylic oxidation sites excluding steroid dienone is 3. The number of fused-ring (bicyclic) bond motifs is 5. The van der Waals surface area contributed by atoms with Gasteiger partial charge in [0.1, 0.15) is 13.2 Å². The number of benzene rings is 2. The molecule has 3 saturated carbocycles. The van der Waals surface area contributed by atoms with Crippen LogP contribution < -0.4 is 25.4 Å². The Morgan fingerprint density at radius 3 is 2.08 bits per heavy atom. The van der Waals surface area contributed by atoms with Gasteiger partial charge in [-0.1, -0.05) is 95.0 Å². The second kappa shape index (κ2) is 27.0. The molecule has 15 heteroatoms. The molecule has 2 unspecified atom stereocenters. The molecule has 414 valence electrons. The summed E-state index contributed by atoms with van der Waals surface area (Å²) in [5.74, 6) is 2.71. The molecule has 0 radical (unpaired) electrons. The molecule has 2 amide bonds. The van der Waals surface area contributed by atoms with Crippen molar-refractivity contribution in [2.45, 2.75) is 137 Å². The molecule has 7 rings (SSSR count). The molecule has 5 N–H and O–H groups in total. The summed E-state index contributed by atoms with van der Waals surface area (Å²) < 4.78 is 17.2. The number of rotatable bonds is 28. The van der Waals surface area contributed by atoms with Crippen molar-refractivity contribution in [3.05, 3.63) is 83.2 Å². The van der Waals surface area contributed by atoms with Crippen molar-refractivity contribution in [2.75, 3.05) is 47.1 Å². The van der Waals surface area contributed by atoms with E-state index < -0.39 is 17.5 Å². The summed E-state index contributed by atoms with van der Waals surface area (Å²) in [5.41, 5.74) is 4.12. The van der Waals surface area contributed by atoms with E-state index in [1.165, 1.54) is 120 Å². The zero-order valence-electron chi connectivity index (χ0n) is 46.3. The molecule has 1 heterocycles. The van der Waals surface area contributed by atoms with E-state index in [-0.39, 0.29) is 67.5 Å². The van der Waals surface area contributed by atoms with Gasteiger partial charge in [0.05, 0.1) is 32.4 Å². The van der Waals surface area contributed by atoms with Crippen LogP contribution in [0.1, 0.15) is 135 Å². The van der Waals surface area contributed by atoms with E-state index in [0.29, 0.717) is 40.2 Å². The van der Waals surface area contributed by atoms with Gasteiger partial charge in [0.2, 0.25) is 11.8 Å². The summed E-state index contributed by atoms with van der Waals surface area (Å²) >= 11 is 0. The first-order chi connectivity index (χ1) is 36.5. The Morgan fingerprint density at radius 1 is 0.789 bits per heavy atom. The van der Waals surface area contributed by atoms with Gasteiger partial charge >= 0.3 is 0 Å². The zero-order chi connectivity index (χ0) is 54.4. The number of carbonyl (C=O) groups is 4. The molecular formula is C61H86N6O9. The smallest absolute Gasteiger partial charge is 0.246 e. The minimum atomic E-state index is -1.15. The van der Waals surface area contributed by atoms with Crippen LogP contribution in [0.25, 0.3) is 12.2 Å². The van der Waals surface area contributed by atoms with Crippen LogP contribution in [-0.2, 0) is 36.9 Å². The maximum Gasteiger partial charge on any atom is 0.246 e. The number of hydrogen-bond donors (Lipinski definition) is 5. The van der Waals surface area contributed by atoms with Gasteiger partial charge < -0.3 is 40.4 Å². The molecule has 2 aromatic carbocycles. The van der Waals surface area contributed by atoms with Crippen LogP contribution in [0, 0.1) is 52.3 Å². The Hall–Kier alpha value is -5.80. The molecule has 0 bridgehead atoms. The largest absolute Gasteiger partial charge is 0.504 e. The van der Waals surface area contributed by atoms with Gasteiger partial charge in [-0.2, -0.15) is 0 Å². The lowest BCUT2D eigenvalue weighted by molar-refractivity contribution is -0.131. The van der Waals surface area contributed by atoms with Crippen molar-refractivity contribution in [1.82, 2.24) is 30.9 Å². The predicted molar refractivity (Wildman–Crippen MR) is 296 cm³/mol. The molecule has 76 heavy (non-hydrogen) atoms. The third-order valence-electron chi connectivity index (χ3n) is 17.8. The SMILES string of the molecule is COc1cc(/C=C/C(=O)C(Cc2cn(CCNC(=O)COCC(=O)NCCCCN[C@H]3CC[C@@]4(C)C(=CCC5[C@@H]6CC[C@H](C(C)CCCC(C)C)[C@@]6(C)CC[C@@H]54)C3)nn2)C(=O)/C=C/c2ccc(O)c(OC)c2)ccc1O. The van der Waals surface area contributed by atoms with Gasteiger partial charge in [0, 0.05) is 31.7 Å². The van der Waals surface area contributed by atoms with Gasteiger partial charge in [-0.15, -0.1) is 5.10 Å². The molecule has 4 aliphatic rings. The standard InChI is InChI=1S/C61H86N6O9/c1-40(2)11-10-12-41(3)49-19-20-50-47-18-17-44-35-45(25-27-60(44,4)51(47)26-28-61(49,50)5)62-29-8-9-30-63-58(72)38-76-39-59(73)64-31-32-67-37-46(65-66-67)36-48(52(68)21-13-42-15-23-54(70)56(33-42)74-6)53(69)22-14-43-16-24-55(71)57(34-43)75-7/h13-17,21-24,33-34,37,40-41,45,47-51,62,70-71H,8-12,18-20,25-32,35-36,38-39H2,1-7H3,(H,63,72)(H,64,73)/b21-13+,22-14+/t41?,45-,47?,49+,50-,51-,60-,61+/m0/s1. The molecular weight excluding hydrogens is 961 g/mol. The van der Waals surface area contributed by atoms with Crippen LogP contribution in [0.3, 0.4) is 0 Å². The number of aromatic nitrogens is 3. The maximum absolute atomic E-state index is 13.6. The predicted octanol–water partition coefficient (Wildman–Crippen LogP) is 9.46. The monoisotopic (exact) mass is 1050 g/mol. The van der Waals surface area contributed by atoms with Crippen molar-refractivity contribution in [3.63, 3.8) is 0 Å². The van der Waals surface area contributed by atoms with Gasteiger partial charge in [-0.25, -0.2) is 0 Å². The minimum Gasteiger partial charge on any atom is -0.504 e. The highest BCUT2D eigenvalue weighted by molar-refractivity contribution is 6.13. The maximum atomic E-state index is 13.6. The Balaban J connectivity index is 0.773. The average Bonchev–Trinajstić information content (AvgIpc) is 4.10. The van der Waals surface area contributed by atoms with Gasteiger partial charge in [-0.3, -0.25) is 23.9 Å². The lowest BCUT2D eigenvalue weighted by atomic mass is 9.47. The van der Waals surface area contributed by atoms with E-state index >= 15 is 0 Å². The normalized spacial score (nSPS) is 24.5. The lowest BCUT2D eigenvalue weighted by Crippen LogP contribution is -2.51. The molecule has 8 atom stereocenters. The third kappa shape index (κ3) is 14.8. The van der Waals surface area contributed by atoms with Crippen LogP contribution in [0.5, 0.6) is 23.0 Å². The van der Waals surface area contributed by atoms with Crippen LogP contribution >= 0.6 is 0 Å². The quantitative estimate of drug-likeness (QED) is 0.0200. The van der Waals surface area contributed by atoms with Gasteiger partial charge in [0.25, 0.3) is 0 Å². The summed E-state index contributed by atoms with van der Waals surface area (Å²) in [6.45, 7) is 14.0. The fraction of sp³-hybridized carbons (Fsp3) is 0.607. The van der Waals surface area contributed by atoms with Crippen LogP contribution in [0.4, 0.5) is 0 Å². The fourth-order valence-corrected chi connectivity index (χ4v) is 13.6. The fourth-order valence-electron chi connectivity index (χ4n) is 13.6. The van der Waals surface area contributed by atoms with Crippen molar-refractivity contribution in [1.29, 1.82) is 0 Å². The number of phenolic OH excluding ortho intramolecular Hbond substituents is 2. The molecule has 4 aliphatic carbocycles. The van der Waals surface area contributed by atoms with E-state index in [1.807, 2.05) is 0 Å². The Morgan fingerprint density at radius 2 is 1.43 bits per heavy atom. The van der Waals surface area contributed by atoms with E-state index in [4.69, 9.17) is 14.2 Å². The number of aromatic hydroxyl groups is 2. The molecule has 0 spiro atoms. The minimum absolute atomic E-state index is 0.0499. The number of nitrogens with zero attached hydrogens (tertiary/aromatic N) is 3. The Labute approximate surface area is 451 Å². The summed E-state index contributed by atoms with van der Waals surface area (Å²) in [6, 6.07) is 9.75. The van der Waals surface area contributed by atoms with Crippen molar-refractivity contribution < 1.29 is 43.6 Å². The second-order valence-electron chi connectivity index (χ2n) is 23.1. The lowest BCUT2D eigenvalue weighted by Gasteiger charge is -2.58. The van der Waals surface area contributed by atoms with Crippen molar-refractivity contribution in [3.8, 4) is 23.0 Å². The third-order valence-corrected chi connectivity index (χ3v) is 17.8. The van der Waals surface area contributed by atoms with E-state index in [2.05, 4.69) is 67.0 Å². The number of ketones is 2. The number of ether oxygens (including phenoxy) is 3. The number of hydrogen-bond acceptors (Lipinski definition) is 12. The number of phenols is 2. The topological polar surface area (TPSA) is 203 Å². The highest BCUT2D eigenvalue weighted by atomic mass is 16.5. The highest BCUT2D eigenvalue weighted by Crippen LogP contribution is 2.67. The van der Waals surface area contributed by atoms with Crippen LogP contribution in [0.2, 0.25) is 0 Å². The molecule has 3 aromatic rings. The molecule has 15 nitrogen and oxygen atoms in total. The number of carbonyl (C=O) groups excluding carboxylic acids is 4. The first kappa shape index (κ1) is 57.9. The van der Waals surface area contributed by atoms with E-state index in [0.717, 1.165) is 61.3 Å².